The van der Waals surface area contributed by atoms with Gasteiger partial charge in [-0.1, -0.05) is 0 Å². The maximum Gasteiger partial charge on any atom is 0.371 e. The van der Waals surface area contributed by atoms with E-state index in [-0.39, 0.29) is 16.6 Å². The Kier molecular flexibility index (Phi) is 6.63. The second kappa shape index (κ2) is 8.02. The molecule has 1 aromatic heterocycles. The predicted octanol–water partition coefficient (Wildman–Crippen LogP) is 1.14. The molecule has 0 amide bonds. The maximum absolute atomic E-state index is 11.7. The highest BCUT2D eigenvalue weighted by atomic mass is 32.2. The highest BCUT2D eigenvalue weighted by molar-refractivity contribution is 7.84. The molecule has 0 aliphatic heterocycles. The molecule has 0 aliphatic rings. The Morgan fingerprint density at radius 3 is 2.78 bits per heavy atom. The van der Waals surface area contributed by atoms with Crippen molar-refractivity contribution in [2.75, 3.05) is 32.7 Å². The first-order valence-electron chi connectivity index (χ1n) is 5.43. The van der Waals surface area contributed by atoms with Crippen LogP contribution in [0.3, 0.4) is 0 Å². The molecule has 7 heteroatoms. The van der Waals surface area contributed by atoms with Crippen LogP contribution in [0.15, 0.2) is 21.6 Å². The molecule has 6 nitrogen and oxygen atoms in total. The van der Waals surface area contributed by atoms with Crippen LogP contribution < -0.4 is 0 Å². The number of rotatable bonds is 9. The van der Waals surface area contributed by atoms with Crippen LogP contribution in [0, 0.1) is 0 Å². The van der Waals surface area contributed by atoms with Crippen LogP contribution in [0.4, 0.5) is 0 Å². The molecule has 1 unspecified atom stereocenters. The van der Waals surface area contributed by atoms with Crippen LogP contribution in [0.1, 0.15) is 17.0 Å². The number of hydrogen-bond donors (Lipinski definition) is 1. The van der Waals surface area contributed by atoms with E-state index in [1.165, 1.54) is 12.1 Å². The number of carboxylic acids is 1. The summed E-state index contributed by atoms with van der Waals surface area (Å²) >= 11 is 0. The van der Waals surface area contributed by atoms with Crippen molar-refractivity contribution in [1.29, 1.82) is 0 Å². The first kappa shape index (κ1) is 14.9. The number of carbonyl (C=O) groups is 1. The fourth-order valence-electron chi connectivity index (χ4n) is 1.20. The smallest absolute Gasteiger partial charge is 0.371 e. The van der Waals surface area contributed by atoms with Gasteiger partial charge in [0, 0.05) is 20.3 Å². The number of hydrogen-bond acceptors (Lipinski definition) is 5. The van der Waals surface area contributed by atoms with Gasteiger partial charge in [-0.2, -0.15) is 0 Å². The van der Waals surface area contributed by atoms with Crippen LogP contribution in [-0.2, 0) is 20.3 Å². The Bertz CT molecular complexity index is 400. The lowest BCUT2D eigenvalue weighted by Crippen LogP contribution is -2.08. The molecule has 0 aliphatic carbocycles. The lowest BCUT2D eigenvalue weighted by molar-refractivity contribution is 0.0656. The minimum absolute atomic E-state index is 0.160. The van der Waals surface area contributed by atoms with Crippen molar-refractivity contribution in [3.8, 4) is 0 Å². The fourth-order valence-corrected chi connectivity index (χ4v) is 2.07. The molecule has 1 heterocycles. The normalized spacial score (nSPS) is 12.5. The number of furan rings is 1. The maximum atomic E-state index is 11.7. The van der Waals surface area contributed by atoms with Gasteiger partial charge in [0.2, 0.25) is 5.76 Å². The summed E-state index contributed by atoms with van der Waals surface area (Å²) in [5.41, 5.74) is 0. The van der Waals surface area contributed by atoms with E-state index in [0.717, 1.165) is 6.42 Å². The zero-order chi connectivity index (χ0) is 13.4. The van der Waals surface area contributed by atoms with Gasteiger partial charge >= 0.3 is 5.97 Å². The van der Waals surface area contributed by atoms with Crippen LogP contribution >= 0.6 is 0 Å². The molecule has 1 rings (SSSR count). The third kappa shape index (κ3) is 4.99. The van der Waals surface area contributed by atoms with Gasteiger partial charge in [0.25, 0.3) is 0 Å². The molecule has 102 valence electrons. The molecular weight excluding hydrogens is 260 g/mol. The molecule has 0 bridgehead atoms. The minimum atomic E-state index is -1.37. The summed E-state index contributed by atoms with van der Waals surface area (Å²) in [6.45, 7) is 1.51. The van der Waals surface area contributed by atoms with E-state index in [1.807, 2.05) is 0 Å². The summed E-state index contributed by atoms with van der Waals surface area (Å²) in [4.78, 5) is 10.6. The van der Waals surface area contributed by atoms with Gasteiger partial charge in [-0.25, -0.2) is 4.79 Å². The van der Waals surface area contributed by atoms with E-state index in [1.54, 1.807) is 7.11 Å². The second-order valence-electron chi connectivity index (χ2n) is 3.43. The van der Waals surface area contributed by atoms with Gasteiger partial charge in [0.05, 0.1) is 23.2 Å². The van der Waals surface area contributed by atoms with E-state index in [4.69, 9.17) is 19.0 Å². The molecule has 1 atom stereocenters. The van der Waals surface area contributed by atoms with Crippen LogP contribution in [0.25, 0.3) is 0 Å². The Morgan fingerprint density at radius 2 is 2.17 bits per heavy atom. The first-order chi connectivity index (χ1) is 8.65. The van der Waals surface area contributed by atoms with Gasteiger partial charge in [-0.15, -0.1) is 0 Å². The molecule has 0 spiro atoms. The Hall–Kier alpha value is -1.18. The average Bonchev–Trinajstić information content (AvgIpc) is 2.83. The summed E-state index contributed by atoms with van der Waals surface area (Å²) in [6, 6.07) is 2.69. The topological polar surface area (TPSA) is 86.0 Å². The number of methoxy groups -OCH3 is 1. The second-order valence-corrected chi connectivity index (χ2v) is 4.93. The molecule has 0 fully saturated rings. The summed E-state index contributed by atoms with van der Waals surface area (Å²) in [5.74, 6) is -1.10. The van der Waals surface area contributed by atoms with Crippen molar-refractivity contribution in [2.45, 2.75) is 11.5 Å². The Morgan fingerprint density at radius 1 is 1.39 bits per heavy atom. The molecule has 18 heavy (non-hydrogen) atoms. The SMILES string of the molecule is COCCCOCCS(=O)c1ccc(C(=O)O)o1. The van der Waals surface area contributed by atoms with Gasteiger partial charge in [0.15, 0.2) is 5.09 Å². The first-order valence-corrected chi connectivity index (χ1v) is 6.75. The van der Waals surface area contributed by atoms with E-state index < -0.39 is 16.8 Å². The van der Waals surface area contributed by atoms with Crippen LogP contribution in [0.2, 0.25) is 0 Å². The Labute approximate surface area is 107 Å². The van der Waals surface area contributed by atoms with Crippen molar-refractivity contribution >= 4 is 16.8 Å². The fraction of sp³-hybridized carbons (Fsp3) is 0.545. The summed E-state index contributed by atoms with van der Waals surface area (Å²) in [6.07, 6.45) is 0.785. The minimum Gasteiger partial charge on any atom is -0.475 e. The molecule has 1 aromatic rings. The predicted molar refractivity (Wildman–Crippen MR) is 64.3 cm³/mol. The van der Waals surface area contributed by atoms with Gasteiger partial charge < -0.3 is 19.0 Å². The largest absolute Gasteiger partial charge is 0.475 e. The number of carboxylic acid groups (broad SMARTS) is 1. The van der Waals surface area contributed by atoms with E-state index in [2.05, 4.69) is 0 Å². The van der Waals surface area contributed by atoms with Crippen molar-refractivity contribution in [2.24, 2.45) is 0 Å². The quantitative estimate of drug-likeness (QED) is 0.681. The zero-order valence-electron chi connectivity index (χ0n) is 10.1. The lowest BCUT2D eigenvalue weighted by Gasteiger charge is -2.02. The third-order valence-electron chi connectivity index (χ3n) is 2.07. The van der Waals surface area contributed by atoms with Crippen molar-refractivity contribution in [3.63, 3.8) is 0 Å². The van der Waals surface area contributed by atoms with Crippen molar-refractivity contribution < 1.29 is 28.0 Å². The van der Waals surface area contributed by atoms with Crippen molar-refractivity contribution in [1.82, 2.24) is 0 Å². The summed E-state index contributed by atoms with van der Waals surface area (Å²) in [5, 5.41) is 8.81. The lowest BCUT2D eigenvalue weighted by atomic mass is 10.5. The van der Waals surface area contributed by atoms with Gasteiger partial charge in [0.1, 0.15) is 0 Å². The number of aromatic carboxylic acids is 1. The summed E-state index contributed by atoms with van der Waals surface area (Å²) in [7, 11) is 0.244. The van der Waals surface area contributed by atoms with Gasteiger partial charge in [-0.3, -0.25) is 4.21 Å². The molecule has 0 saturated carbocycles. The van der Waals surface area contributed by atoms with E-state index in [0.29, 0.717) is 19.8 Å². The van der Waals surface area contributed by atoms with Gasteiger partial charge in [-0.05, 0) is 18.6 Å². The highest BCUT2D eigenvalue weighted by Gasteiger charge is 2.13. The van der Waals surface area contributed by atoms with Crippen LogP contribution in [-0.4, -0.2) is 48.0 Å². The monoisotopic (exact) mass is 276 g/mol. The standard InChI is InChI=1S/C11H16O6S/c1-15-5-2-6-16-7-8-18(14)10-4-3-9(17-10)11(12)13/h3-4H,2,5-8H2,1H3,(H,12,13). The molecule has 1 N–H and O–H groups in total. The highest BCUT2D eigenvalue weighted by Crippen LogP contribution is 2.12. The van der Waals surface area contributed by atoms with Crippen LogP contribution in [0.5, 0.6) is 0 Å². The molecule has 0 radical (unpaired) electrons. The third-order valence-corrected chi connectivity index (χ3v) is 3.27. The average molecular weight is 276 g/mol. The Balaban J connectivity index is 2.25. The summed E-state index contributed by atoms with van der Waals surface area (Å²) < 4.78 is 26.7. The molecular formula is C11H16O6S. The molecule has 0 aromatic carbocycles. The van der Waals surface area contributed by atoms with E-state index in [9.17, 15) is 9.00 Å². The molecule has 0 saturated heterocycles. The van der Waals surface area contributed by atoms with E-state index >= 15 is 0 Å². The zero-order valence-corrected chi connectivity index (χ0v) is 10.9. The van der Waals surface area contributed by atoms with Crippen molar-refractivity contribution in [3.05, 3.63) is 17.9 Å². The number of ether oxygens (including phenoxy) is 2.